The molecule has 0 bridgehead atoms. The molecule has 240 valence electrons. The SMILES string of the molecule is COc1cc(C(=O)N/C(=C\c2cn(S(=O)(=O)N(C)C)c3ccccc23)C(=O)NCCc2c[nH]c3ccccc23)cc(OC)c1OC. The molecule has 5 aromatic rings. The lowest BCUT2D eigenvalue weighted by Gasteiger charge is -2.15. The van der Waals surface area contributed by atoms with Crippen LogP contribution in [0.4, 0.5) is 0 Å². The highest BCUT2D eigenvalue weighted by Gasteiger charge is 2.23. The Hall–Kier alpha value is -5.27. The second-order valence-electron chi connectivity index (χ2n) is 10.5. The van der Waals surface area contributed by atoms with Gasteiger partial charge >= 0.3 is 10.2 Å². The molecule has 0 aliphatic carbocycles. The van der Waals surface area contributed by atoms with Crippen molar-refractivity contribution in [2.75, 3.05) is 42.0 Å². The molecule has 0 radical (unpaired) electrons. The van der Waals surface area contributed by atoms with E-state index in [0.717, 1.165) is 24.7 Å². The van der Waals surface area contributed by atoms with Gasteiger partial charge in [0, 0.05) is 60.4 Å². The number of nitrogens with zero attached hydrogens (tertiary/aromatic N) is 2. The van der Waals surface area contributed by atoms with E-state index in [-0.39, 0.29) is 29.3 Å². The average Bonchev–Trinajstić information content (AvgIpc) is 3.65. The van der Waals surface area contributed by atoms with Crippen molar-refractivity contribution in [1.29, 1.82) is 0 Å². The summed E-state index contributed by atoms with van der Waals surface area (Å²) < 4.78 is 44.7. The van der Waals surface area contributed by atoms with E-state index in [1.807, 2.05) is 30.5 Å². The molecule has 0 atom stereocenters. The van der Waals surface area contributed by atoms with E-state index in [1.165, 1.54) is 59.8 Å². The summed E-state index contributed by atoms with van der Waals surface area (Å²) in [5.41, 5.74) is 2.89. The zero-order valence-electron chi connectivity index (χ0n) is 26.1. The van der Waals surface area contributed by atoms with Gasteiger partial charge in [0.05, 0.1) is 26.8 Å². The Bertz CT molecular complexity index is 2040. The van der Waals surface area contributed by atoms with Gasteiger partial charge in [-0.15, -0.1) is 0 Å². The summed E-state index contributed by atoms with van der Waals surface area (Å²) in [7, 11) is 3.29. The van der Waals surface area contributed by atoms with Gasteiger partial charge in [0.15, 0.2) is 11.5 Å². The maximum absolute atomic E-state index is 13.7. The van der Waals surface area contributed by atoms with Crippen LogP contribution in [-0.2, 0) is 21.4 Å². The number of nitrogens with one attached hydrogen (secondary N) is 3. The highest BCUT2D eigenvalue weighted by atomic mass is 32.2. The van der Waals surface area contributed by atoms with Gasteiger partial charge in [-0.25, -0.2) is 3.97 Å². The Morgan fingerprint density at radius 2 is 1.59 bits per heavy atom. The number of aromatic nitrogens is 2. The highest BCUT2D eigenvalue weighted by Crippen LogP contribution is 2.38. The van der Waals surface area contributed by atoms with Crippen LogP contribution >= 0.6 is 0 Å². The predicted molar refractivity (Wildman–Crippen MR) is 176 cm³/mol. The minimum atomic E-state index is -3.89. The minimum Gasteiger partial charge on any atom is -0.493 e. The number of carbonyl (C=O) groups is 2. The quantitative estimate of drug-likeness (QED) is 0.175. The molecule has 0 spiro atoms. The first-order valence-corrected chi connectivity index (χ1v) is 15.7. The number of aromatic amines is 1. The molecule has 3 aromatic carbocycles. The first-order chi connectivity index (χ1) is 22.1. The van der Waals surface area contributed by atoms with Crippen LogP contribution in [0.15, 0.2) is 78.8 Å². The van der Waals surface area contributed by atoms with E-state index >= 15 is 0 Å². The third-order valence-corrected chi connectivity index (χ3v) is 9.22. The van der Waals surface area contributed by atoms with E-state index < -0.39 is 22.0 Å². The van der Waals surface area contributed by atoms with Gasteiger partial charge in [0.1, 0.15) is 5.70 Å². The zero-order chi connectivity index (χ0) is 33.0. The number of methoxy groups -OCH3 is 3. The van der Waals surface area contributed by atoms with Gasteiger partial charge in [-0.2, -0.15) is 12.7 Å². The second-order valence-corrected chi connectivity index (χ2v) is 12.5. The summed E-state index contributed by atoms with van der Waals surface area (Å²) in [4.78, 5) is 30.5. The maximum atomic E-state index is 13.7. The number of rotatable bonds is 12. The molecule has 0 aliphatic rings. The van der Waals surface area contributed by atoms with Crippen molar-refractivity contribution in [3.63, 3.8) is 0 Å². The van der Waals surface area contributed by atoms with Crippen molar-refractivity contribution in [2.24, 2.45) is 0 Å². The standard InChI is InChI=1S/C33H35N5O7S/c1-37(2)46(41,42)38-20-23(25-11-7-9-13-28(25)38)16-27(33(40)34-15-14-21-19-35-26-12-8-6-10-24(21)26)36-32(39)22-17-29(43-3)31(45-5)30(18-22)44-4/h6-13,16-20,35H,14-15H2,1-5H3,(H,34,40)(H,36,39)/b27-16-. The molecule has 0 unspecified atom stereocenters. The summed E-state index contributed by atoms with van der Waals surface area (Å²) >= 11 is 0. The molecule has 12 nitrogen and oxygen atoms in total. The van der Waals surface area contributed by atoms with Crippen LogP contribution in [0.2, 0.25) is 0 Å². The Kier molecular flexibility index (Phi) is 9.35. The Balaban J connectivity index is 1.52. The van der Waals surface area contributed by atoms with Gasteiger partial charge in [-0.1, -0.05) is 36.4 Å². The fourth-order valence-corrected chi connectivity index (χ4v) is 6.13. The number of amides is 2. The largest absolute Gasteiger partial charge is 0.493 e. The van der Waals surface area contributed by atoms with Gasteiger partial charge in [0.2, 0.25) is 5.75 Å². The zero-order valence-corrected chi connectivity index (χ0v) is 26.9. The van der Waals surface area contributed by atoms with Gasteiger partial charge in [-0.3, -0.25) is 9.59 Å². The first kappa shape index (κ1) is 32.1. The Morgan fingerprint density at radius 1 is 0.935 bits per heavy atom. The molecule has 0 fully saturated rings. The summed E-state index contributed by atoms with van der Waals surface area (Å²) in [6.45, 7) is 0.273. The molecule has 0 saturated heterocycles. The molecule has 5 rings (SSSR count). The third-order valence-electron chi connectivity index (χ3n) is 7.49. The Labute approximate surface area is 266 Å². The smallest absolute Gasteiger partial charge is 0.307 e. The number of hydrogen-bond donors (Lipinski definition) is 3. The topological polar surface area (TPSA) is 144 Å². The van der Waals surface area contributed by atoms with Crippen LogP contribution in [0.3, 0.4) is 0 Å². The van der Waals surface area contributed by atoms with E-state index in [2.05, 4.69) is 15.6 Å². The van der Waals surface area contributed by atoms with Crippen molar-refractivity contribution in [3.8, 4) is 17.2 Å². The van der Waals surface area contributed by atoms with Crippen LogP contribution in [0.1, 0.15) is 21.5 Å². The molecule has 46 heavy (non-hydrogen) atoms. The number of para-hydroxylation sites is 2. The van der Waals surface area contributed by atoms with Crippen LogP contribution < -0.4 is 24.8 Å². The summed E-state index contributed by atoms with van der Waals surface area (Å²) in [5.74, 6) is -0.354. The lowest BCUT2D eigenvalue weighted by atomic mass is 10.1. The second kappa shape index (κ2) is 13.4. The molecule has 0 aliphatic heterocycles. The van der Waals surface area contributed by atoms with Gasteiger partial charge in [-0.05, 0) is 42.3 Å². The van der Waals surface area contributed by atoms with Crippen LogP contribution in [0.5, 0.6) is 17.2 Å². The number of carbonyl (C=O) groups excluding carboxylic acids is 2. The predicted octanol–water partition coefficient (Wildman–Crippen LogP) is 3.93. The van der Waals surface area contributed by atoms with E-state index in [1.54, 1.807) is 24.3 Å². The van der Waals surface area contributed by atoms with Crippen molar-refractivity contribution < 1.29 is 32.2 Å². The summed E-state index contributed by atoms with van der Waals surface area (Å²) in [6.07, 6.45) is 5.32. The molecule has 2 amide bonds. The van der Waals surface area contributed by atoms with Crippen molar-refractivity contribution in [3.05, 3.63) is 95.4 Å². The van der Waals surface area contributed by atoms with Crippen LogP contribution in [-0.4, -0.2) is 75.5 Å². The molecular weight excluding hydrogens is 610 g/mol. The lowest BCUT2D eigenvalue weighted by molar-refractivity contribution is -0.117. The number of H-pyrrole nitrogens is 1. The normalized spacial score (nSPS) is 12.0. The third kappa shape index (κ3) is 6.28. The number of hydrogen-bond acceptors (Lipinski definition) is 7. The molecular formula is C33H35N5O7S. The maximum Gasteiger partial charge on any atom is 0.307 e. The minimum absolute atomic E-state index is 0.0946. The van der Waals surface area contributed by atoms with Crippen molar-refractivity contribution >= 4 is 49.9 Å². The average molecular weight is 646 g/mol. The fraction of sp³-hybridized carbons (Fsp3) is 0.212. The molecule has 2 aromatic heterocycles. The fourth-order valence-electron chi connectivity index (χ4n) is 5.12. The molecule has 2 heterocycles. The molecule has 0 saturated carbocycles. The highest BCUT2D eigenvalue weighted by molar-refractivity contribution is 7.87. The number of ether oxygens (including phenoxy) is 3. The number of fused-ring (bicyclic) bond motifs is 2. The van der Waals surface area contributed by atoms with Crippen molar-refractivity contribution in [1.82, 2.24) is 23.9 Å². The summed E-state index contributed by atoms with van der Waals surface area (Å²) in [6, 6.07) is 17.7. The number of benzene rings is 3. The van der Waals surface area contributed by atoms with E-state index in [9.17, 15) is 18.0 Å². The molecule has 3 N–H and O–H groups in total. The van der Waals surface area contributed by atoms with E-state index in [0.29, 0.717) is 28.6 Å². The van der Waals surface area contributed by atoms with Gasteiger partial charge in [0.25, 0.3) is 11.8 Å². The van der Waals surface area contributed by atoms with Crippen LogP contribution in [0, 0.1) is 0 Å². The van der Waals surface area contributed by atoms with E-state index in [4.69, 9.17) is 14.2 Å². The molecule has 13 heteroatoms. The first-order valence-electron chi connectivity index (χ1n) is 14.3. The summed E-state index contributed by atoms with van der Waals surface area (Å²) in [5, 5.41) is 7.23. The lowest BCUT2D eigenvalue weighted by Crippen LogP contribution is -2.35. The monoisotopic (exact) mass is 645 g/mol. The Morgan fingerprint density at radius 3 is 2.24 bits per heavy atom. The van der Waals surface area contributed by atoms with Crippen LogP contribution in [0.25, 0.3) is 27.9 Å². The van der Waals surface area contributed by atoms with Crippen molar-refractivity contribution in [2.45, 2.75) is 6.42 Å². The van der Waals surface area contributed by atoms with Gasteiger partial charge < -0.3 is 29.8 Å².